The number of aromatic nitrogens is 2. The predicted molar refractivity (Wildman–Crippen MR) is 90.5 cm³/mol. The molecule has 0 aliphatic carbocycles. The molecule has 1 heterocycles. The largest absolute Gasteiger partial charge is 0.344 e. The van der Waals surface area contributed by atoms with E-state index in [-0.39, 0.29) is 23.1 Å². The van der Waals surface area contributed by atoms with Gasteiger partial charge in [-0.25, -0.2) is 14.8 Å². The van der Waals surface area contributed by atoms with Crippen molar-refractivity contribution in [3.05, 3.63) is 40.4 Å². The Balaban J connectivity index is 2.15. The lowest BCUT2D eigenvalue weighted by molar-refractivity contribution is 0.0998. The van der Waals surface area contributed by atoms with Crippen LogP contribution in [-0.2, 0) is 0 Å². The SMILES string of the molecule is C/C(=N/C(=O)c1c[nH]c(-c2ccc(Br)cc2F)n1)NNC(C)C. The number of imidazole rings is 1. The molecule has 2 rings (SSSR count). The highest BCUT2D eigenvalue weighted by atomic mass is 79.9. The van der Waals surface area contributed by atoms with Gasteiger partial charge in [-0.1, -0.05) is 15.9 Å². The van der Waals surface area contributed by atoms with Crippen molar-refractivity contribution in [2.75, 3.05) is 0 Å². The number of carbonyl (C=O) groups excluding carboxylic acids is 1. The van der Waals surface area contributed by atoms with Gasteiger partial charge in [-0.05, 0) is 39.0 Å². The summed E-state index contributed by atoms with van der Waals surface area (Å²) >= 11 is 3.19. The lowest BCUT2D eigenvalue weighted by Gasteiger charge is -2.09. The smallest absolute Gasteiger partial charge is 0.298 e. The van der Waals surface area contributed by atoms with Crippen LogP contribution in [0.1, 0.15) is 31.3 Å². The van der Waals surface area contributed by atoms with Gasteiger partial charge in [0.1, 0.15) is 23.2 Å². The molecule has 2 aromatic rings. The summed E-state index contributed by atoms with van der Waals surface area (Å²) in [6.07, 6.45) is 1.41. The standard InChI is InChI=1S/C15H17BrFN5O/c1-8(2)21-22-9(3)19-15(23)13-7-18-14(20-13)11-5-4-10(16)6-12(11)17/h4-8,21H,1-3H3,(H,18,20)(H,19,22,23). The molecule has 1 aromatic carbocycles. The normalized spacial score (nSPS) is 11.8. The second-order valence-corrected chi connectivity index (χ2v) is 6.10. The van der Waals surface area contributed by atoms with E-state index in [0.717, 1.165) is 0 Å². The molecule has 0 aliphatic heterocycles. The molecule has 0 saturated carbocycles. The number of amidine groups is 1. The van der Waals surface area contributed by atoms with Crippen molar-refractivity contribution in [1.29, 1.82) is 0 Å². The Labute approximate surface area is 141 Å². The van der Waals surface area contributed by atoms with Crippen LogP contribution in [0.15, 0.2) is 33.9 Å². The van der Waals surface area contributed by atoms with E-state index >= 15 is 0 Å². The fourth-order valence-corrected chi connectivity index (χ4v) is 2.07. The van der Waals surface area contributed by atoms with Crippen LogP contribution in [0.3, 0.4) is 0 Å². The molecule has 1 aromatic heterocycles. The highest BCUT2D eigenvalue weighted by Gasteiger charge is 2.14. The van der Waals surface area contributed by atoms with E-state index in [1.54, 1.807) is 19.1 Å². The monoisotopic (exact) mass is 381 g/mol. The van der Waals surface area contributed by atoms with Crippen molar-refractivity contribution in [2.45, 2.75) is 26.8 Å². The zero-order valence-corrected chi connectivity index (χ0v) is 14.5. The molecule has 0 bridgehead atoms. The third-order valence-electron chi connectivity index (χ3n) is 2.79. The van der Waals surface area contributed by atoms with Crippen molar-refractivity contribution in [3.63, 3.8) is 0 Å². The van der Waals surface area contributed by atoms with Crippen LogP contribution in [0.2, 0.25) is 0 Å². The number of hydrazine groups is 1. The van der Waals surface area contributed by atoms with Gasteiger partial charge in [-0.15, -0.1) is 0 Å². The first kappa shape index (κ1) is 17.3. The van der Waals surface area contributed by atoms with Crippen molar-refractivity contribution in [1.82, 2.24) is 20.8 Å². The first-order valence-corrected chi connectivity index (χ1v) is 7.78. The van der Waals surface area contributed by atoms with Crippen LogP contribution in [0.25, 0.3) is 11.4 Å². The topological polar surface area (TPSA) is 82.2 Å². The third-order valence-corrected chi connectivity index (χ3v) is 3.29. The highest BCUT2D eigenvalue weighted by Crippen LogP contribution is 2.23. The van der Waals surface area contributed by atoms with Crippen LogP contribution in [0.4, 0.5) is 4.39 Å². The summed E-state index contributed by atoms with van der Waals surface area (Å²) in [7, 11) is 0. The summed E-state index contributed by atoms with van der Waals surface area (Å²) in [6, 6.07) is 4.82. The number of aromatic amines is 1. The van der Waals surface area contributed by atoms with Crippen molar-refractivity contribution < 1.29 is 9.18 Å². The van der Waals surface area contributed by atoms with Crippen LogP contribution < -0.4 is 10.9 Å². The van der Waals surface area contributed by atoms with Gasteiger partial charge in [-0.3, -0.25) is 4.79 Å². The minimum Gasteiger partial charge on any atom is -0.344 e. The number of nitrogens with zero attached hydrogens (tertiary/aromatic N) is 2. The Hall–Kier alpha value is -2.06. The maximum absolute atomic E-state index is 13.9. The average Bonchev–Trinajstić information content (AvgIpc) is 2.94. The summed E-state index contributed by atoms with van der Waals surface area (Å²) in [5.74, 6) is -0.252. The van der Waals surface area contributed by atoms with Crippen molar-refractivity contribution in [3.8, 4) is 11.4 Å². The molecule has 1 amide bonds. The van der Waals surface area contributed by atoms with Gasteiger partial charge >= 0.3 is 0 Å². The van der Waals surface area contributed by atoms with Gasteiger partial charge in [0, 0.05) is 16.7 Å². The number of benzene rings is 1. The molecular weight excluding hydrogens is 365 g/mol. The number of rotatable bonds is 4. The van der Waals surface area contributed by atoms with E-state index in [0.29, 0.717) is 10.3 Å². The van der Waals surface area contributed by atoms with Gasteiger partial charge < -0.3 is 10.4 Å². The molecule has 0 aliphatic rings. The highest BCUT2D eigenvalue weighted by molar-refractivity contribution is 9.10. The number of carbonyl (C=O) groups is 1. The molecule has 23 heavy (non-hydrogen) atoms. The van der Waals surface area contributed by atoms with E-state index in [1.165, 1.54) is 12.3 Å². The van der Waals surface area contributed by atoms with Crippen LogP contribution in [-0.4, -0.2) is 27.8 Å². The molecule has 6 nitrogen and oxygen atoms in total. The Kier molecular flexibility index (Phi) is 5.62. The molecule has 0 atom stereocenters. The maximum atomic E-state index is 13.9. The molecule has 0 spiro atoms. The van der Waals surface area contributed by atoms with Gasteiger partial charge in [0.2, 0.25) is 0 Å². The summed E-state index contributed by atoms with van der Waals surface area (Å²) in [6.45, 7) is 5.57. The summed E-state index contributed by atoms with van der Waals surface area (Å²) < 4.78 is 14.5. The van der Waals surface area contributed by atoms with Gasteiger partial charge in [0.25, 0.3) is 5.91 Å². The summed E-state index contributed by atoms with van der Waals surface area (Å²) in [4.78, 5) is 22.8. The number of amides is 1. The molecule has 8 heteroatoms. The van der Waals surface area contributed by atoms with Crippen molar-refractivity contribution in [2.24, 2.45) is 4.99 Å². The number of H-pyrrole nitrogens is 1. The van der Waals surface area contributed by atoms with E-state index < -0.39 is 11.7 Å². The summed E-state index contributed by atoms with van der Waals surface area (Å²) in [5, 5.41) is 0. The second kappa shape index (κ2) is 7.47. The zero-order valence-electron chi connectivity index (χ0n) is 12.9. The molecule has 122 valence electrons. The number of nitrogens with one attached hydrogen (secondary N) is 3. The number of aliphatic imine (C=N–C) groups is 1. The fraction of sp³-hybridized carbons (Fsp3) is 0.267. The zero-order chi connectivity index (χ0) is 17.0. The maximum Gasteiger partial charge on any atom is 0.298 e. The molecule has 0 fully saturated rings. The molecular formula is C15H17BrFN5O. The first-order valence-electron chi connectivity index (χ1n) is 6.99. The minimum atomic E-state index is -0.513. The molecule has 3 N–H and O–H groups in total. The lowest BCUT2D eigenvalue weighted by Crippen LogP contribution is -2.40. The fourth-order valence-electron chi connectivity index (χ4n) is 1.74. The Morgan fingerprint density at radius 2 is 2.17 bits per heavy atom. The van der Waals surface area contributed by atoms with Gasteiger partial charge in [0.05, 0.1) is 5.56 Å². The number of halogens is 2. The molecule has 0 radical (unpaired) electrons. The quantitative estimate of drug-likeness (QED) is 0.431. The Morgan fingerprint density at radius 1 is 1.43 bits per heavy atom. The van der Waals surface area contributed by atoms with Gasteiger partial charge in [0.15, 0.2) is 0 Å². The van der Waals surface area contributed by atoms with Crippen LogP contribution in [0.5, 0.6) is 0 Å². The van der Waals surface area contributed by atoms with Crippen molar-refractivity contribution >= 4 is 27.7 Å². The molecule has 0 unspecified atom stereocenters. The first-order chi connectivity index (χ1) is 10.9. The average molecular weight is 382 g/mol. The van der Waals surface area contributed by atoms with E-state index in [9.17, 15) is 9.18 Å². The van der Waals surface area contributed by atoms with Crippen LogP contribution >= 0.6 is 15.9 Å². The van der Waals surface area contributed by atoms with E-state index in [2.05, 4.69) is 41.7 Å². The van der Waals surface area contributed by atoms with Crippen LogP contribution in [0, 0.1) is 5.82 Å². The second-order valence-electron chi connectivity index (χ2n) is 5.18. The summed E-state index contributed by atoms with van der Waals surface area (Å²) in [5.41, 5.74) is 6.15. The number of hydrogen-bond acceptors (Lipinski definition) is 3. The predicted octanol–water partition coefficient (Wildman–Crippen LogP) is 3.04. The Morgan fingerprint density at radius 3 is 2.83 bits per heavy atom. The van der Waals surface area contributed by atoms with E-state index in [1.807, 2.05) is 13.8 Å². The van der Waals surface area contributed by atoms with Gasteiger partial charge in [-0.2, -0.15) is 4.99 Å². The molecule has 0 saturated heterocycles. The third kappa shape index (κ3) is 4.70. The number of hydrogen-bond donors (Lipinski definition) is 3. The minimum absolute atomic E-state index is 0.119. The van der Waals surface area contributed by atoms with E-state index in [4.69, 9.17) is 0 Å². The lowest BCUT2D eigenvalue weighted by atomic mass is 10.2. The Bertz CT molecular complexity index is 741.